The molecule has 0 saturated carbocycles. The Morgan fingerprint density at radius 3 is 2.62 bits per heavy atom. The topological polar surface area (TPSA) is 63.8 Å². The van der Waals surface area contributed by atoms with Gasteiger partial charge in [0, 0.05) is 18.7 Å². The lowest BCUT2D eigenvalue weighted by molar-refractivity contribution is -0.135. The average molecular weight is 234 g/mol. The van der Waals surface area contributed by atoms with Gasteiger partial charge < -0.3 is 0 Å². The largest absolute Gasteiger partial charge is 0.389 e. The molecular weight excluding hydrogens is 221 g/mol. The number of halogens is 3. The SMILES string of the molecule is NNC(CCCC(F)(F)F)c1ccnnc1. The standard InChI is InChI=1S/C9H13F3N4/c10-9(11,12)4-1-2-8(16-13)7-3-5-14-15-6-7/h3,5-6,8,16H,1-2,4,13H2. The van der Waals surface area contributed by atoms with Crippen LogP contribution >= 0.6 is 0 Å². The van der Waals surface area contributed by atoms with Crippen molar-refractivity contribution in [1.29, 1.82) is 0 Å². The van der Waals surface area contributed by atoms with Crippen molar-refractivity contribution in [3.05, 3.63) is 24.0 Å². The monoisotopic (exact) mass is 234 g/mol. The summed E-state index contributed by atoms with van der Waals surface area (Å²) in [6.45, 7) is 0. The highest BCUT2D eigenvalue weighted by molar-refractivity contribution is 5.10. The quantitative estimate of drug-likeness (QED) is 0.601. The summed E-state index contributed by atoms with van der Waals surface area (Å²) in [5.41, 5.74) is 3.21. The number of hydrazine groups is 1. The van der Waals surface area contributed by atoms with Gasteiger partial charge in [0.1, 0.15) is 0 Å². The van der Waals surface area contributed by atoms with Crippen molar-refractivity contribution < 1.29 is 13.2 Å². The summed E-state index contributed by atoms with van der Waals surface area (Å²) in [5, 5.41) is 7.23. The van der Waals surface area contributed by atoms with Gasteiger partial charge in [0.25, 0.3) is 0 Å². The molecule has 1 aromatic rings. The molecule has 7 heteroatoms. The first-order valence-electron chi connectivity index (χ1n) is 4.82. The molecular formula is C9H13F3N4. The number of aromatic nitrogens is 2. The van der Waals surface area contributed by atoms with Crippen molar-refractivity contribution in [2.75, 3.05) is 0 Å². The fourth-order valence-electron chi connectivity index (χ4n) is 1.36. The van der Waals surface area contributed by atoms with E-state index in [1.165, 1.54) is 12.4 Å². The van der Waals surface area contributed by atoms with E-state index in [1.807, 2.05) is 0 Å². The molecule has 0 spiro atoms. The number of nitrogens with zero attached hydrogens (tertiary/aromatic N) is 2. The van der Waals surface area contributed by atoms with E-state index in [0.717, 1.165) is 5.56 Å². The predicted molar refractivity (Wildman–Crippen MR) is 52.0 cm³/mol. The van der Waals surface area contributed by atoms with Crippen LogP contribution in [-0.2, 0) is 0 Å². The van der Waals surface area contributed by atoms with Crippen LogP contribution in [0.3, 0.4) is 0 Å². The van der Waals surface area contributed by atoms with E-state index in [-0.39, 0.29) is 12.5 Å². The van der Waals surface area contributed by atoms with Gasteiger partial charge >= 0.3 is 6.18 Å². The molecule has 0 aliphatic heterocycles. The van der Waals surface area contributed by atoms with Crippen LogP contribution in [0, 0.1) is 0 Å². The second-order valence-electron chi connectivity index (χ2n) is 3.40. The Balaban J connectivity index is 2.45. The fraction of sp³-hybridized carbons (Fsp3) is 0.556. The second kappa shape index (κ2) is 5.76. The maximum Gasteiger partial charge on any atom is 0.389 e. The zero-order valence-electron chi connectivity index (χ0n) is 8.54. The summed E-state index contributed by atoms with van der Waals surface area (Å²) < 4.78 is 35.8. The molecule has 0 amide bonds. The first-order chi connectivity index (χ1) is 7.53. The Hall–Kier alpha value is -1.21. The van der Waals surface area contributed by atoms with Gasteiger partial charge in [-0.2, -0.15) is 23.4 Å². The van der Waals surface area contributed by atoms with Crippen molar-refractivity contribution >= 4 is 0 Å². The number of alkyl halides is 3. The summed E-state index contributed by atoms with van der Waals surface area (Å²) in [7, 11) is 0. The number of nitrogens with two attached hydrogens (primary N) is 1. The summed E-state index contributed by atoms with van der Waals surface area (Å²) in [4.78, 5) is 0. The minimum atomic E-state index is -4.12. The minimum Gasteiger partial charge on any atom is -0.271 e. The smallest absolute Gasteiger partial charge is 0.271 e. The van der Waals surface area contributed by atoms with E-state index < -0.39 is 12.6 Å². The van der Waals surface area contributed by atoms with Gasteiger partial charge in [-0.3, -0.25) is 11.3 Å². The zero-order valence-corrected chi connectivity index (χ0v) is 8.54. The molecule has 1 aromatic heterocycles. The van der Waals surface area contributed by atoms with Crippen molar-refractivity contribution in [3.8, 4) is 0 Å². The molecule has 16 heavy (non-hydrogen) atoms. The first-order valence-corrected chi connectivity index (χ1v) is 4.82. The van der Waals surface area contributed by atoms with Crippen LogP contribution in [-0.4, -0.2) is 16.4 Å². The Kier molecular flexibility index (Phi) is 4.63. The van der Waals surface area contributed by atoms with Gasteiger partial charge in [-0.15, -0.1) is 0 Å². The third-order valence-electron chi connectivity index (χ3n) is 2.16. The van der Waals surface area contributed by atoms with Gasteiger partial charge in [-0.05, 0) is 24.5 Å². The molecule has 4 nitrogen and oxygen atoms in total. The Morgan fingerprint density at radius 1 is 1.38 bits per heavy atom. The lowest BCUT2D eigenvalue weighted by Gasteiger charge is -2.15. The molecule has 90 valence electrons. The van der Waals surface area contributed by atoms with E-state index in [4.69, 9.17) is 5.84 Å². The molecule has 0 radical (unpaired) electrons. The van der Waals surface area contributed by atoms with Crippen LogP contribution in [0.4, 0.5) is 13.2 Å². The zero-order chi connectivity index (χ0) is 12.0. The molecule has 0 aliphatic rings. The van der Waals surface area contributed by atoms with Gasteiger partial charge in [-0.25, -0.2) is 0 Å². The predicted octanol–water partition coefficient (Wildman–Crippen LogP) is 1.71. The highest BCUT2D eigenvalue weighted by atomic mass is 19.4. The van der Waals surface area contributed by atoms with Crippen molar-refractivity contribution in [2.24, 2.45) is 5.84 Å². The molecule has 0 fully saturated rings. The van der Waals surface area contributed by atoms with Crippen LogP contribution in [0.15, 0.2) is 18.5 Å². The fourth-order valence-corrected chi connectivity index (χ4v) is 1.36. The highest BCUT2D eigenvalue weighted by Gasteiger charge is 2.26. The normalized spacial score (nSPS) is 13.8. The number of hydrogen-bond acceptors (Lipinski definition) is 4. The number of rotatable bonds is 5. The first kappa shape index (κ1) is 12.9. The summed E-state index contributed by atoms with van der Waals surface area (Å²) in [6, 6.07) is 1.35. The minimum absolute atomic E-state index is 0.0285. The number of nitrogens with one attached hydrogen (secondary N) is 1. The molecule has 0 aromatic carbocycles. The molecule has 1 rings (SSSR count). The molecule has 0 saturated heterocycles. The lowest BCUT2D eigenvalue weighted by Crippen LogP contribution is -2.28. The third-order valence-corrected chi connectivity index (χ3v) is 2.16. The van der Waals surface area contributed by atoms with E-state index >= 15 is 0 Å². The van der Waals surface area contributed by atoms with Crippen molar-refractivity contribution in [1.82, 2.24) is 15.6 Å². The summed E-state index contributed by atoms with van der Waals surface area (Å²) in [5.74, 6) is 5.28. The maximum atomic E-state index is 11.9. The van der Waals surface area contributed by atoms with Gasteiger partial charge in [0.15, 0.2) is 0 Å². The molecule has 0 aliphatic carbocycles. The molecule has 0 bridgehead atoms. The Labute approximate surface area is 91.0 Å². The molecule has 1 unspecified atom stereocenters. The average Bonchev–Trinajstić information content (AvgIpc) is 2.24. The molecule has 1 heterocycles. The van der Waals surface area contributed by atoms with Crippen LogP contribution in [0.1, 0.15) is 30.9 Å². The molecule has 1 atom stereocenters. The maximum absolute atomic E-state index is 11.9. The van der Waals surface area contributed by atoms with Crippen LogP contribution in [0.5, 0.6) is 0 Å². The van der Waals surface area contributed by atoms with E-state index in [0.29, 0.717) is 6.42 Å². The summed E-state index contributed by atoms with van der Waals surface area (Å²) >= 11 is 0. The van der Waals surface area contributed by atoms with Crippen LogP contribution in [0.2, 0.25) is 0 Å². The van der Waals surface area contributed by atoms with Crippen LogP contribution < -0.4 is 11.3 Å². The van der Waals surface area contributed by atoms with Crippen LogP contribution in [0.25, 0.3) is 0 Å². The number of hydrogen-bond donors (Lipinski definition) is 2. The second-order valence-corrected chi connectivity index (χ2v) is 3.40. The Morgan fingerprint density at radius 2 is 2.12 bits per heavy atom. The van der Waals surface area contributed by atoms with Crippen molar-refractivity contribution in [2.45, 2.75) is 31.5 Å². The van der Waals surface area contributed by atoms with E-state index in [9.17, 15) is 13.2 Å². The van der Waals surface area contributed by atoms with E-state index in [2.05, 4.69) is 15.6 Å². The third kappa shape index (κ3) is 4.54. The highest BCUT2D eigenvalue weighted by Crippen LogP contribution is 2.25. The van der Waals surface area contributed by atoms with Crippen molar-refractivity contribution in [3.63, 3.8) is 0 Å². The van der Waals surface area contributed by atoms with Gasteiger partial charge in [0.2, 0.25) is 0 Å². The molecule has 3 N–H and O–H groups in total. The lowest BCUT2D eigenvalue weighted by atomic mass is 10.0. The van der Waals surface area contributed by atoms with Gasteiger partial charge in [0.05, 0.1) is 6.20 Å². The Bertz CT molecular complexity index is 301. The summed E-state index contributed by atoms with van der Waals surface area (Å²) in [6.07, 6.45) is -1.62. The van der Waals surface area contributed by atoms with E-state index in [1.54, 1.807) is 6.07 Å². The van der Waals surface area contributed by atoms with Gasteiger partial charge in [-0.1, -0.05) is 0 Å².